The van der Waals surface area contributed by atoms with Crippen molar-refractivity contribution in [1.82, 2.24) is 9.62 Å². The van der Waals surface area contributed by atoms with Crippen molar-refractivity contribution in [3.8, 4) is 0 Å². The van der Waals surface area contributed by atoms with Crippen LogP contribution >= 0.6 is 0 Å². The number of ether oxygens (including phenoxy) is 1. The maximum absolute atomic E-state index is 12.8. The second-order valence-electron chi connectivity index (χ2n) is 6.07. The van der Waals surface area contributed by atoms with E-state index in [1.165, 1.54) is 13.1 Å². The van der Waals surface area contributed by atoms with Crippen LogP contribution in [0.5, 0.6) is 0 Å². The number of carbonyl (C=O) groups is 1. The third kappa shape index (κ3) is 3.57. The van der Waals surface area contributed by atoms with Crippen LogP contribution < -0.4 is 4.72 Å². The van der Waals surface area contributed by atoms with E-state index in [1.807, 2.05) is 20.8 Å². The lowest BCUT2D eigenvalue weighted by molar-refractivity contribution is -0.0387. The van der Waals surface area contributed by atoms with Crippen LogP contribution in [0, 0.1) is 13.8 Å². The average molecular weight is 340 g/mol. The molecule has 0 aliphatic carbocycles. The molecular formula is C16H24N2O4S. The highest BCUT2D eigenvalue weighted by Crippen LogP contribution is 2.23. The molecule has 6 nitrogen and oxygen atoms in total. The van der Waals surface area contributed by atoms with Crippen molar-refractivity contribution in [2.45, 2.75) is 44.7 Å². The minimum Gasteiger partial charge on any atom is -0.375 e. The van der Waals surface area contributed by atoms with Gasteiger partial charge in [0.2, 0.25) is 10.0 Å². The lowest BCUT2D eigenvalue weighted by Gasteiger charge is -2.37. The molecule has 1 fully saturated rings. The summed E-state index contributed by atoms with van der Waals surface area (Å²) in [5.41, 5.74) is 1.82. The highest BCUT2D eigenvalue weighted by atomic mass is 32.2. The molecule has 1 heterocycles. The van der Waals surface area contributed by atoms with Gasteiger partial charge in [0.15, 0.2) is 0 Å². The van der Waals surface area contributed by atoms with Crippen molar-refractivity contribution in [3.05, 3.63) is 28.8 Å². The average Bonchev–Trinajstić information content (AvgIpc) is 2.51. The highest BCUT2D eigenvalue weighted by molar-refractivity contribution is 7.89. The number of rotatable bonds is 3. The Morgan fingerprint density at radius 3 is 2.57 bits per heavy atom. The van der Waals surface area contributed by atoms with Crippen LogP contribution in [0.4, 0.5) is 0 Å². The Labute approximate surface area is 137 Å². The molecular weight excluding hydrogens is 316 g/mol. The molecule has 2 rings (SSSR count). The number of benzene rings is 1. The maximum atomic E-state index is 12.8. The summed E-state index contributed by atoms with van der Waals surface area (Å²) in [6.07, 6.45) is -0.0257. The summed E-state index contributed by atoms with van der Waals surface area (Å²) in [5.74, 6) is -0.164. The van der Waals surface area contributed by atoms with E-state index in [0.717, 1.165) is 5.56 Å². The number of aryl methyl sites for hydroxylation is 1. The molecule has 23 heavy (non-hydrogen) atoms. The van der Waals surface area contributed by atoms with Gasteiger partial charge in [-0.05, 0) is 58.0 Å². The number of sulfonamides is 1. The zero-order valence-electron chi connectivity index (χ0n) is 14.2. The molecule has 2 atom stereocenters. The van der Waals surface area contributed by atoms with E-state index in [0.29, 0.717) is 24.3 Å². The Hall–Kier alpha value is -1.44. The molecule has 0 bridgehead atoms. The van der Waals surface area contributed by atoms with E-state index >= 15 is 0 Å². The number of carbonyl (C=O) groups excluding carboxylic acids is 1. The smallest absolute Gasteiger partial charge is 0.254 e. The monoisotopic (exact) mass is 340 g/mol. The van der Waals surface area contributed by atoms with E-state index < -0.39 is 10.0 Å². The van der Waals surface area contributed by atoms with Crippen LogP contribution in [0.2, 0.25) is 0 Å². The SMILES string of the molecule is CNS(=O)(=O)c1cc(C(=O)N2C[C@H](C)OC[C@H]2C)cc(C)c1C. The second kappa shape index (κ2) is 6.59. The van der Waals surface area contributed by atoms with Gasteiger partial charge in [0.25, 0.3) is 5.91 Å². The molecule has 1 amide bonds. The van der Waals surface area contributed by atoms with Crippen molar-refractivity contribution in [3.63, 3.8) is 0 Å². The first-order valence-electron chi connectivity index (χ1n) is 7.64. The minimum atomic E-state index is -3.61. The lowest BCUT2D eigenvalue weighted by Crippen LogP contribution is -2.50. The van der Waals surface area contributed by atoms with Gasteiger partial charge >= 0.3 is 0 Å². The number of morpholine rings is 1. The predicted octanol–water partition coefficient (Wildman–Crippen LogP) is 1.46. The van der Waals surface area contributed by atoms with Gasteiger partial charge in [-0.1, -0.05) is 0 Å². The van der Waals surface area contributed by atoms with E-state index in [4.69, 9.17) is 4.74 Å². The van der Waals surface area contributed by atoms with Crippen molar-refractivity contribution in [1.29, 1.82) is 0 Å². The predicted molar refractivity (Wildman–Crippen MR) is 88.1 cm³/mol. The Morgan fingerprint density at radius 1 is 1.30 bits per heavy atom. The fraction of sp³-hybridized carbons (Fsp3) is 0.562. The Kier molecular flexibility index (Phi) is 5.13. The van der Waals surface area contributed by atoms with E-state index in [9.17, 15) is 13.2 Å². The van der Waals surface area contributed by atoms with E-state index in [1.54, 1.807) is 17.9 Å². The quantitative estimate of drug-likeness (QED) is 0.904. The molecule has 128 valence electrons. The molecule has 0 unspecified atom stereocenters. The number of hydrogen-bond donors (Lipinski definition) is 1. The maximum Gasteiger partial charge on any atom is 0.254 e. The van der Waals surface area contributed by atoms with E-state index in [2.05, 4.69) is 4.72 Å². The molecule has 1 N–H and O–H groups in total. The minimum absolute atomic E-state index is 0.0257. The molecule has 1 aromatic carbocycles. The molecule has 1 saturated heterocycles. The molecule has 1 aliphatic heterocycles. The molecule has 7 heteroatoms. The zero-order valence-corrected chi connectivity index (χ0v) is 15.0. The van der Waals surface area contributed by atoms with Crippen LogP contribution in [-0.2, 0) is 14.8 Å². The molecule has 0 saturated carbocycles. The standard InChI is InChI=1S/C16H24N2O4S/c1-10-6-14(7-15(13(10)4)23(20,21)17-5)16(19)18-8-12(3)22-9-11(18)2/h6-7,11-12,17H,8-9H2,1-5H3/t11-,12+/m1/s1. The van der Waals surface area contributed by atoms with Gasteiger partial charge in [0, 0.05) is 12.1 Å². The summed E-state index contributed by atoms with van der Waals surface area (Å²) >= 11 is 0. The van der Waals surface area contributed by atoms with E-state index in [-0.39, 0.29) is 22.9 Å². The summed E-state index contributed by atoms with van der Waals surface area (Å²) in [7, 11) is -2.24. The van der Waals surface area contributed by atoms with Crippen LogP contribution in [0.1, 0.15) is 35.3 Å². The Bertz CT molecular complexity index is 715. The Morgan fingerprint density at radius 2 is 1.96 bits per heavy atom. The summed E-state index contributed by atoms with van der Waals surface area (Å²) in [6, 6.07) is 3.17. The van der Waals surface area contributed by atoms with Crippen LogP contribution in [-0.4, -0.2) is 51.6 Å². The van der Waals surface area contributed by atoms with Gasteiger partial charge in [-0.2, -0.15) is 0 Å². The number of hydrogen-bond acceptors (Lipinski definition) is 4. The molecule has 0 spiro atoms. The van der Waals surface area contributed by atoms with Gasteiger partial charge in [-0.25, -0.2) is 13.1 Å². The Balaban J connectivity index is 2.46. The fourth-order valence-corrected chi connectivity index (χ4v) is 3.76. The van der Waals surface area contributed by atoms with Crippen LogP contribution in [0.15, 0.2) is 17.0 Å². The van der Waals surface area contributed by atoms with Gasteiger partial charge in [-0.15, -0.1) is 0 Å². The second-order valence-corrected chi connectivity index (χ2v) is 7.93. The van der Waals surface area contributed by atoms with Gasteiger partial charge < -0.3 is 9.64 Å². The van der Waals surface area contributed by atoms with Crippen molar-refractivity contribution >= 4 is 15.9 Å². The normalized spacial score (nSPS) is 22.2. The van der Waals surface area contributed by atoms with Gasteiger partial charge in [-0.3, -0.25) is 4.79 Å². The van der Waals surface area contributed by atoms with Crippen molar-refractivity contribution in [2.75, 3.05) is 20.2 Å². The third-order valence-electron chi connectivity index (χ3n) is 4.29. The van der Waals surface area contributed by atoms with Gasteiger partial charge in [0.1, 0.15) is 0 Å². The largest absolute Gasteiger partial charge is 0.375 e. The first-order valence-corrected chi connectivity index (χ1v) is 9.13. The molecule has 0 radical (unpaired) electrons. The van der Waals surface area contributed by atoms with Crippen molar-refractivity contribution < 1.29 is 17.9 Å². The zero-order chi connectivity index (χ0) is 17.4. The molecule has 1 aromatic rings. The van der Waals surface area contributed by atoms with Crippen LogP contribution in [0.25, 0.3) is 0 Å². The van der Waals surface area contributed by atoms with Crippen molar-refractivity contribution in [2.24, 2.45) is 0 Å². The number of amides is 1. The molecule has 1 aliphatic rings. The third-order valence-corrected chi connectivity index (χ3v) is 5.83. The summed E-state index contributed by atoms with van der Waals surface area (Å²) < 4.78 is 32.2. The summed E-state index contributed by atoms with van der Waals surface area (Å²) in [5, 5.41) is 0. The lowest BCUT2D eigenvalue weighted by atomic mass is 10.0. The summed E-state index contributed by atoms with van der Waals surface area (Å²) in [6.45, 7) is 8.39. The molecule has 0 aromatic heterocycles. The first kappa shape index (κ1) is 17.9. The number of nitrogens with one attached hydrogen (secondary N) is 1. The fourth-order valence-electron chi connectivity index (χ4n) is 2.69. The highest BCUT2D eigenvalue weighted by Gasteiger charge is 2.29. The number of nitrogens with zero attached hydrogens (tertiary/aromatic N) is 1. The first-order chi connectivity index (χ1) is 10.7. The van der Waals surface area contributed by atoms with Gasteiger partial charge in [0.05, 0.1) is 23.6 Å². The van der Waals surface area contributed by atoms with Crippen LogP contribution in [0.3, 0.4) is 0 Å². The topological polar surface area (TPSA) is 75.7 Å². The summed E-state index contributed by atoms with van der Waals surface area (Å²) in [4.78, 5) is 14.7.